The summed E-state index contributed by atoms with van der Waals surface area (Å²) in [5.41, 5.74) is 0.443. The highest BCUT2D eigenvalue weighted by Gasteiger charge is 2.30. The predicted molar refractivity (Wildman–Crippen MR) is 58.0 cm³/mol. The van der Waals surface area contributed by atoms with E-state index in [9.17, 15) is 0 Å². The quantitative estimate of drug-likeness (QED) is 0.717. The first kappa shape index (κ1) is 11.0. The molecule has 2 heteroatoms. The fourth-order valence-corrected chi connectivity index (χ4v) is 2.07. The van der Waals surface area contributed by atoms with Gasteiger partial charge in [0.1, 0.15) is 0 Å². The Balaban J connectivity index is 2.21. The van der Waals surface area contributed by atoms with E-state index < -0.39 is 0 Å². The van der Waals surface area contributed by atoms with Gasteiger partial charge in [0, 0.05) is 24.7 Å². The Morgan fingerprint density at radius 2 is 2.08 bits per heavy atom. The SMILES string of the molecule is CC(C)NCCN1CCCC1(C)C. The third kappa shape index (κ3) is 3.28. The standard InChI is InChI=1S/C11H24N2/c1-10(2)12-7-9-13-8-5-6-11(13,3)4/h10,12H,5-9H2,1-4H3. The number of nitrogens with one attached hydrogen (secondary N) is 1. The zero-order chi connectivity index (χ0) is 9.90. The molecule has 78 valence electrons. The molecule has 0 saturated carbocycles. The van der Waals surface area contributed by atoms with Gasteiger partial charge in [-0.2, -0.15) is 0 Å². The topological polar surface area (TPSA) is 15.3 Å². The van der Waals surface area contributed by atoms with E-state index in [4.69, 9.17) is 0 Å². The zero-order valence-corrected chi connectivity index (χ0v) is 9.56. The molecule has 0 aromatic carbocycles. The van der Waals surface area contributed by atoms with Crippen molar-refractivity contribution in [3.63, 3.8) is 0 Å². The van der Waals surface area contributed by atoms with Crippen LogP contribution in [0.4, 0.5) is 0 Å². The van der Waals surface area contributed by atoms with Crippen LogP contribution in [0.1, 0.15) is 40.5 Å². The molecule has 0 unspecified atom stereocenters. The minimum atomic E-state index is 0.443. The van der Waals surface area contributed by atoms with Crippen molar-refractivity contribution in [2.45, 2.75) is 52.1 Å². The summed E-state index contributed by atoms with van der Waals surface area (Å²) in [4.78, 5) is 2.60. The molecule has 0 aromatic heterocycles. The summed E-state index contributed by atoms with van der Waals surface area (Å²) in [6.07, 6.45) is 2.73. The van der Waals surface area contributed by atoms with Crippen molar-refractivity contribution in [3.8, 4) is 0 Å². The second-order valence-electron chi connectivity index (χ2n) is 5.01. The lowest BCUT2D eigenvalue weighted by atomic mass is 10.0. The first-order chi connectivity index (χ1) is 6.02. The predicted octanol–water partition coefficient (Wildman–Crippen LogP) is 1.86. The third-order valence-electron chi connectivity index (χ3n) is 3.01. The maximum Gasteiger partial charge on any atom is 0.0154 e. The van der Waals surface area contributed by atoms with Gasteiger partial charge >= 0.3 is 0 Å². The Morgan fingerprint density at radius 1 is 1.38 bits per heavy atom. The molecular weight excluding hydrogens is 160 g/mol. The number of likely N-dealkylation sites (tertiary alicyclic amines) is 1. The van der Waals surface area contributed by atoms with E-state index >= 15 is 0 Å². The summed E-state index contributed by atoms with van der Waals surface area (Å²) in [6, 6.07) is 0.616. The van der Waals surface area contributed by atoms with E-state index in [0.717, 1.165) is 6.54 Å². The van der Waals surface area contributed by atoms with Crippen molar-refractivity contribution in [1.82, 2.24) is 10.2 Å². The van der Waals surface area contributed by atoms with Crippen LogP contribution in [-0.4, -0.2) is 36.1 Å². The van der Waals surface area contributed by atoms with Crippen molar-refractivity contribution in [3.05, 3.63) is 0 Å². The fourth-order valence-electron chi connectivity index (χ4n) is 2.07. The molecule has 0 aromatic rings. The van der Waals surface area contributed by atoms with Crippen LogP contribution in [0, 0.1) is 0 Å². The second-order valence-corrected chi connectivity index (χ2v) is 5.01. The fraction of sp³-hybridized carbons (Fsp3) is 1.00. The summed E-state index contributed by atoms with van der Waals surface area (Å²) in [6.45, 7) is 12.7. The Hall–Kier alpha value is -0.0800. The number of hydrogen-bond acceptors (Lipinski definition) is 2. The van der Waals surface area contributed by atoms with E-state index in [1.54, 1.807) is 0 Å². The number of rotatable bonds is 4. The maximum absolute atomic E-state index is 3.47. The molecular formula is C11H24N2. The van der Waals surface area contributed by atoms with Gasteiger partial charge in [-0.3, -0.25) is 4.90 Å². The third-order valence-corrected chi connectivity index (χ3v) is 3.01. The molecule has 1 saturated heterocycles. The highest BCUT2D eigenvalue weighted by atomic mass is 15.2. The molecule has 2 nitrogen and oxygen atoms in total. The first-order valence-electron chi connectivity index (χ1n) is 5.51. The molecule has 0 spiro atoms. The average Bonchev–Trinajstić information content (AvgIpc) is 2.30. The van der Waals surface area contributed by atoms with Crippen LogP contribution >= 0.6 is 0 Å². The molecule has 1 fully saturated rings. The molecule has 0 amide bonds. The smallest absolute Gasteiger partial charge is 0.0154 e. The summed E-state index contributed by atoms with van der Waals surface area (Å²) >= 11 is 0. The number of nitrogens with zero attached hydrogens (tertiary/aromatic N) is 1. The van der Waals surface area contributed by atoms with Gasteiger partial charge in [-0.05, 0) is 33.2 Å². The van der Waals surface area contributed by atoms with Crippen molar-refractivity contribution in [1.29, 1.82) is 0 Å². The summed E-state index contributed by atoms with van der Waals surface area (Å²) in [5.74, 6) is 0. The molecule has 0 bridgehead atoms. The van der Waals surface area contributed by atoms with E-state index in [2.05, 4.69) is 37.9 Å². The molecule has 0 aliphatic carbocycles. The zero-order valence-electron chi connectivity index (χ0n) is 9.56. The summed E-state index contributed by atoms with van der Waals surface area (Å²) < 4.78 is 0. The maximum atomic E-state index is 3.47. The van der Waals surface area contributed by atoms with Crippen molar-refractivity contribution >= 4 is 0 Å². The minimum absolute atomic E-state index is 0.443. The lowest BCUT2D eigenvalue weighted by molar-refractivity contribution is 0.174. The van der Waals surface area contributed by atoms with E-state index in [1.807, 2.05) is 0 Å². The molecule has 1 N–H and O–H groups in total. The van der Waals surface area contributed by atoms with Crippen LogP contribution in [0.25, 0.3) is 0 Å². The normalized spacial score (nSPS) is 22.8. The lowest BCUT2D eigenvalue weighted by Gasteiger charge is -2.31. The van der Waals surface area contributed by atoms with Crippen LogP contribution in [-0.2, 0) is 0 Å². The first-order valence-corrected chi connectivity index (χ1v) is 5.51. The van der Waals surface area contributed by atoms with Gasteiger partial charge in [0.05, 0.1) is 0 Å². The van der Waals surface area contributed by atoms with Crippen molar-refractivity contribution < 1.29 is 0 Å². The van der Waals surface area contributed by atoms with Gasteiger partial charge < -0.3 is 5.32 Å². The van der Waals surface area contributed by atoms with E-state index in [1.165, 1.54) is 25.9 Å². The van der Waals surface area contributed by atoms with E-state index in [0.29, 0.717) is 11.6 Å². The molecule has 13 heavy (non-hydrogen) atoms. The Morgan fingerprint density at radius 3 is 2.54 bits per heavy atom. The van der Waals surface area contributed by atoms with Gasteiger partial charge in [0.25, 0.3) is 0 Å². The molecule has 1 heterocycles. The highest BCUT2D eigenvalue weighted by Crippen LogP contribution is 2.27. The average molecular weight is 184 g/mol. The van der Waals surface area contributed by atoms with Gasteiger partial charge in [-0.25, -0.2) is 0 Å². The van der Waals surface area contributed by atoms with Crippen LogP contribution in [0.5, 0.6) is 0 Å². The second kappa shape index (κ2) is 4.43. The van der Waals surface area contributed by atoms with Crippen LogP contribution in [0.2, 0.25) is 0 Å². The van der Waals surface area contributed by atoms with Crippen LogP contribution in [0.15, 0.2) is 0 Å². The van der Waals surface area contributed by atoms with Crippen molar-refractivity contribution in [2.75, 3.05) is 19.6 Å². The molecule has 1 aliphatic heterocycles. The highest BCUT2D eigenvalue weighted by molar-refractivity contribution is 4.87. The molecule has 1 rings (SSSR count). The van der Waals surface area contributed by atoms with Gasteiger partial charge in [-0.15, -0.1) is 0 Å². The Labute approximate surface area is 82.7 Å². The molecule has 0 atom stereocenters. The van der Waals surface area contributed by atoms with Gasteiger partial charge in [0.2, 0.25) is 0 Å². The molecule has 1 aliphatic rings. The summed E-state index contributed by atoms with van der Waals surface area (Å²) in [7, 11) is 0. The Bertz CT molecular complexity index is 152. The van der Waals surface area contributed by atoms with Crippen LogP contribution in [0.3, 0.4) is 0 Å². The summed E-state index contributed by atoms with van der Waals surface area (Å²) in [5, 5.41) is 3.47. The van der Waals surface area contributed by atoms with Gasteiger partial charge in [-0.1, -0.05) is 13.8 Å². The monoisotopic (exact) mass is 184 g/mol. The minimum Gasteiger partial charge on any atom is -0.313 e. The lowest BCUT2D eigenvalue weighted by Crippen LogP contribution is -2.42. The largest absolute Gasteiger partial charge is 0.313 e. The molecule has 0 radical (unpaired) electrons. The van der Waals surface area contributed by atoms with Crippen molar-refractivity contribution in [2.24, 2.45) is 0 Å². The van der Waals surface area contributed by atoms with Crippen LogP contribution < -0.4 is 5.32 Å². The Kier molecular flexibility index (Phi) is 3.74. The van der Waals surface area contributed by atoms with Gasteiger partial charge in [0.15, 0.2) is 0 Å². The number of hydrogen-bond donors (Lipinski definition) is 1. The van der Waals surface area contributed by atoms with E-state index in [-0.39, 0.29) is 0 Å².